The molecule has 0 unspecified atom stereocenters. The molecule has 0 aromatic heterocycles. The van der Waals surface area contributed by atoms with Crippen LogP contribution in [0.15, 0.2) is 54.6 Å². The Kier molecular flexibility index (Phi) is 10.5. The van der Waals surface area contributed by atoms with Crippen LogP contribution in [0.2, 0.25) is 0 Å². The molecule has 162 valence electrons. The number of carboxylic acid groups (broad SMARTS) is 1. The van der Waals surface area contributed by atoms with Gasteiger partial charge < -0.3 is 15.2 Å². The van der Waals surface area contributed by atoms with Gasteiger partial charge in [0, 0.05) is 25.5 Å². The van der Waals surface area contributed by atoms with Crippen LogP contribution in [-0.4, -0.2) is 35.3 Å². The van der Waals surface area contributed by atoms with Crippen molar-refractivity contribution in [3.05, 3.63) is 71.3 Å². The summed E-state index contributed by atoms with van der Waals surface area (Å²) in [6.07, 6.45) is 3.67. The second-order valence-corrected chi connectivity index (χ2v) is 7.89. The van der Waals surface area contributed by atoms with Crippen LogP contribution in [0.3, 0.4) is 0 Å². The van der Waals surface area contributed by atoms with E-state index in [0.29, 0.717) is 13.0 Å². The van der Waals surface area contributed by atoms with Gasteiger partial charge in [-0.25, -0.2) is 4.79 Å². The predicted octanol–water partition coefficient (Wildman–Crippen LogP) is 5.15. The maximum Gasteiger partial charge on any atom is 0.333 e. The summed E-state index contributed by atoms with van der Waals surface area (Å²) in [7, 11) is 0. The monoisotopic (exact) mass is 427 g/mol. The topological polar surface area (TPSA) is 58.6 Å². The van der Waals surface area contributed by atoms with Crippen LogP contribution < -0.4 is 5.32 Å². The predicted molar refractivity (Wildman–Crippen MR) is 126 cm³/mol. The SMILES string of the molecule is CCCCNC(=S)[C@@H](CCc1ccc(C[C@H](OCC)C(=O)O)cc1)c1ccccc1. The van der Waals surface area contributed by atoms with Crippen LogP contribution in [0.1, 0.15) is 55.7 Å². The van der Waals surface area contributed by atoms with E-state index in [1.165, 1.54) is 11.1 Å². The largest absolute Gasteiger partial charge is 0.479 e. The van der Waals surface area contributed by atoms with Crippen LogP contribution in [-0.2, 0) is 22.4 Å². The molecule has 2 aromatic rings. The first kappa shape index (κ1) is 24.0. The van der Waals surface area contributed by atoms with Crippen LogP contribution in [0, 0.1) is 0 Å². The molecule has 0 radical (unpaired) electrons. The van der Waals surface area contributed by atoms with Crippen LogP contribution in [0.25, 0.3) is 0 Å². The lowest BCUT2D eigenvalue weighted by molar-refractivity contribution is -0.149. The van der Waals surface area contributed by atoms with Gasteiger partial charge in [0.15, 0.2) is 6.10 Å². The van der Waals surface area contributed by atoms with Gasteiger partial charge in [0.2, 0.25) is 0 Å². The van der Waals surface area contributed by atoms with E-state index in [9.17, 15) is 9.90 Å². The molecule has 2 N–H and O–H groups in total. The molecule has 2 atom stereocenters. The van der Waals surface area contributed by atoms with Gasteiger partial charge >= 0.3 is 5.97 Å². The quantitative estimate of drug-likeness (QED) is 0.342. The summed E-state index contributed by atoms with van der Waals surface area (Å²) in [6.45, 7) is 5.29. The van der Waals surface area contributed by atoms with Crippen molar-refractivity contribution < 1.29 is 14.6 Å². The molecule has 0 heterocycles. The highest BCUT2D eigenvalue weighted by Crippen LogP contribution is 2.23. The number of rotatable bonds is 13. The minimum atomic E-state index is -0.921. The average Bonchev–Trinajstić information content (AvgIpc) is 2.75. The van der Waals surface area contributed by atoms with E-state index in [1.54, 1.807) is 0 Å². The molecule has 0 amide bonds. The number of carbonyl (C=O) groups is 1. The summed E-state index contributed by atoms with van der Waals surface area (Å²) >= 11 is 5.72. The summed E-state index contributed by atoms with van der Waals surface area (Å²) in [6, 6.07) is 18.6. The lowest BCUT2D eigenvalue weighted by atomic mass is 9.91. The Labute approximate surface area is 185 Å². The van der Waals surface area contributed by atoms with Crippen molar-refractivity contribution >= 4 is 23.2 Å². The number of aliphatic carboxylic acids is 1. The minimum Gasteiger partial charge on any atom is -0.479 e. The van der Waals surface area contributed by atoms with Gasteiger partial charge in [-0.15, -0.1) is 0 Å². The van der Waals surface area contributed by atoms with Gasteiger partial charge in [-0.1, -0.05) is 80.2 Å². The van der Waals surface area contributed by atoms with Gasteiger partial charge in [-0.3, -0.25) is 0 Å². The number of unbranched alkanes of at least 4 members (excludes halogenated alkanes) is 1. The first-order chi connectivity index (χ1) is 14.5. The average molecular weight is 428 g/mol. The van der Waals surface area contributed by atoms with Crippen LogP contribution in [0.5, 0.6) is 0 Å². The fourth-order valence-electron chi connectivity index (χ4n) is 3.43. The van der Waals surface area contributed by atoms with Gasteiger partial charge in [0.05, 0.1) is 4.99 Å². The number of thiocarbonyl (C=S) groups is 1. The van der Waals surface area contributed by atoms with Gasteiger partial charge in [-0.05, 0) is 42.9 Å². The number of aryl methyl sites for hydroxylation is 1. The van der Waals surface area contributed by atoms with E-state index in [0.717, 1.165) is 42.8 Å². The summed E-state index contributed by atoms with van der Waals surface area (Å²) < 4.78 is 5.31. The van der Waals surface area contributed by atoms with Crippen molar-refractivity contribution in [2.75, 3.05) is 13.2 Å². The van der Waals surface area contributed by atoms with Gasteiger partial charge in [-0.2, -0.15) is 0 Å². The Hall–Kier alpha value is -2.24. The zero-order valence-electron chi connectivity index (χ0n) is 18.0. The van der Waals surface area contributed by atoms with E-state index < -0.39 is 12.1 Å². The molecular formula is C25H33NO3S. The third-order valence-corrected chi connectivity index (χ3v) is 5.59. The Balaban J connectivity index is 2.00. The molecule has 0 aliphatic heterocycles. The molecule has 0 saturated heterocycles. The molecule has 0 aliphatic carbocycles. The Morgan fingerprint density at radius 2 is 1.73 bits per heavy atom. The van der Waals surface area contributed by atoms with Crippen LogP contribution in [0.4, 0.5) is 0 Å². The summed E-state index contributed by atoms with van der Waals surface area (Å²) in [5.74, 6) is -0.734. The normalized spacial score (nSPS) is 12.9. The molecule has 2 aromatic carbocycles. The van der Waals surface area contributed by atoms with E-state index >= 15 is 0 Å². The van der Waals surface area contributed by atoms with E-state index in [2.05, 4.69) is 48.6 Å². The van der Waals surface area contributed by atoms with Gasteiger partial charge in [0.1, 0.15) is 0 Å². The fourth-order valence-corrected chi connectivity index (χ4v) is 3.79. The number of carboxylic acids is 1. The zero-order valence-corrected chi connectivity index (χ0v) is 18.8. The Morgan fingerprint density at radius 3 is 2.33 bits per heavy atom. The van der Waals surface area contributed by atoms with E-state index in [4.69, 9.17) is 17.0 Å². The van der Waals surface area contributed by atoms with Crippen molar-refractivity contribution in [1.29, 1.82) is 0 Å². The number of nitrogens with one attached hydrogen (secondary N) is 1. The molecule has 5 heteroatoms. The second-order valence-electron chi connectivity index (χ2n) is 7.45. The lowest BCUT2D eigenvalue weighted by Crippen LogP contribution is -2.28. The van der Waals surface area contributed by atoms with Crippen molar-refractivity contribution in [3.8, 4) is 0 Å². The highest BCUT2D eigenvalue weighted by Gasteiger charge is 2.19. The first-order valence-corrected chi connectivity index (χ1v) is 11.2. The highest BCUT2D eigenvalue weighted by atomic mass is 32.1. The number of hydrogen-bond acceptors (Lipinski definition) is 3. The second kappa shape index (κ2) is 13.1. The molecule has 0 saturated carbocycles. The third-order valence-electron chi connectivity index (χ3n) is 5.16. The number of hydrogen-bond donors (Lipinski definition) is 2. The Morgan fingerprint density at radius 1 is 1.07 bits per heavy atom. The first-order valence-electron chi connectivity index (χ1n) is 10.8. The zero-order chi connectivity index (χ0) is 21.8. The maximum absolute atomic E-state index is 11.3. The molecule has 2 rings (SSSR count). The molecule has 30 heavy (non-hydrogen) atoms. The molecule has 0 bridgehead atoms. The molecular weight excluding hydrogens is 394 g/mol. The van der Waals surface area contributed by atoms with E-state index in [1.807, 2.05) is 25.1 Å². The van der Waals surface area contributed by atoms with Gasteiger partial charge in [0.25, 0.3) is 0 Å². The summed E-state index contributed by atoms with van der Waals surface area (Å²) in [5, 5.41) is 12.7. The van der Waals surface area contributed by atoms with Crippen molar-refractivity contribution in [3.63, 3.8) is 0 Å². The van der Waals surface area contributed by atoms with Crippen LogP contribution >= 0.6 is 12.2 Å². The molecule has 0 fully saturated rings. The standard InChI is InChI=1S/C25H33NO3S/c1-3-5-17-26-24(30)22(21-9-7-6-8-10-21)16-15-19-11-13-20(14-12-19)18-23(25(27)28)29-4-2/h6-14,22-23H,3-5,15-18H2,1-2H3,(H,26,30)(H,27,28)/t22-,23-/m0/s1. The van der Waals surface area contributed by atoms with Crippen molar-refractivity contribution in [2.24, 2.45) is 0 Å². The van der Waals surface area contributed by atoms with E-state index in [-0.39, 0.29) is 5.92 Å². The molecule has 0 spiro atoms. The molecule has 0 aliphatic rings. The maximum atomic E-state index is 11.3. The fraction of sp³-hybridized carbons (Fsp3) is 0.440. The lowest BCUT2D eigenvalue weighted by Gasteiger charge is -2.20. The number of ether oxygens (including phenoxy) is 1. The van der Waals surface area contributed by atoms with Crippen molar-refractivity contribution in [2.45, 2.75) is 58.0 Å². The summed E-state index contributed by atoms with van der Waals surface area (Å²) in [4.78, 5) is 12.2. The number of benzene rings is 2. The minimum absolute atomic E-state index is 0.187. The Bertz CT molecular complexity index is 777. The highest BCUT2D eigenvalue weighted by molar-refractivity contribution is 7.80. The summed E-state index contributed by atoms with van der Waals surface area (Å²) in [5.41, 5.74) is 3.43. The van der Waals surface area contributed by atoms with Crippen molar-refractivity contribution in [1.82, 2.24) is 5.32 Å². The third kappa shape index (κ3) is 7.88. The smallest absolute Gasteiger partial charge is 0.333 e. The molecule has 4 nitrogen and oxygen atoms in total.